The topological polar surface area (TPSA) is 15.3 Å². The van der Waals surface area contributed by atoms with Gasteiger partial charge in [0.15, 0.2) is 0 Å². The van der Waals surface area contributed by atoms with E-state index in [0.717, 1.165) is 12.0 Å². The van der Waals surface area contributed by atoms with Crippen LogP contribution in [-0.4, -0.2) is 36.1 Å². The first kappa shape index (κ1) is 15.3. The maximum absolute atomic E-state index is 3.85. The molecule has 2 nitrogen and oxygen atoms in total. The highest BCUT2D eigenvalue weighted by atomic mass is 15.2. The van der Waals surface area contributed by atoms with Crippen molar-refractivity contribution >= 4 is 0 Å². The second kappa shape index (κ2) is 7.08. The average molecular weight is 266 g/mol. The van der Waals surface area contributed by atoms with Crippen LogP contribution in [0.5, 0.6) is 0 Å². The maximum Gasteiger partial charge on any atom is 0.0308 e. The molecule has 0 aromatic rings. The minimum atomic E-state index is 0.397. The van der Waals surface area contributed by atoms with Gasteiger partial charge in [0.05, 0.1) is 0 Å². The molecule has 0 radical (unpaired) electrons. The van der Waals surface area contributed by atoms with Gasteiger partial charge in [0.2, 0.25) is 0 Å². The van der Waals surface area contributed by atoms with Gasteiger partial charge in [-0.3, -0.25) is 4.90 Å². The highest BCUT2D eigenvalue weighted by Crippen LogP contribution is 2.41. The molecule has 2 heteroatoms. The van der Waals surface area contributed by atoms with Crippen LogP contribution in [0.4, 0.5) is 0 Å². The summed E-state index contributed by atoms with van der Waals surface area (Å²) in [5.74, 6) is 0.945. The van der Waals surface area contributed by atoms with Crippen LogP contribution in [0.3, 0.4) is 0 Å². The van der Waals surface area contributed by atoms with E-state index < -0.39 is 0 Å². The van der Waals surface area contributed by atoms with E-state index in [9.17, 15) is 0 Å². The van der Waals surface area contributed by atoms with Gasteiger partial charge in [-0.2, -0.15) is 0 Å². The van der Waals surface area contributed by atoms with Crippen molar-refractivity contribution in [1.82, 2.24) is 10.2 Å². The zero-order valence-corrected chi connectivity index (χ0v) is 13.4. The van der Waals surface area contributed by atoms with E-state index in [2.05, 4.69) is 31.0 Å². The molecule has 2 atom stereocenters. The molecule has 0 aromatic carbocycles. The SMILES string of the molecule is CCCCCCCN1CC(C)(C2CC2)NCCC1C. The fourth-order valence-electron chi connectivity index (χ4n) is 3.59. The van der Waals surface area contributed by atoms with E-state index in [0.29, 0.717) is 5.54 Å². The lowest BCUT2D eigenvalue weighted by atomic mass is 9.95. The van der Waals surface area contributed by atoms with E-state index in [-0.39, 0.29) is 0 Å². The molecule has 2 rings (SSSR count). The molecule has 1 saturated heterocycles. The van der Waals surface area contributed by atoms with Crippen LogP contribution in [0.25, 0.3) is 0 Å². The van der Waals surface area contributed by atoms with E-state index in [1.165, 1.54) is 71.0 Å². The molecule has 1 aliphatic heterocycles. The first-order valence-corrected chi connectivity index (χ1v) is 8.65. The zero-order chi connectivity index (χ0) is 13.7. The van der Waals surface area contributed by atoms with Crippen LogP contribution in [0, 0.1) is 5.92 Å². The highest BCUT2D eigenvalue weighted by Gasteiger charge is 2.43. The summed E-state index contributed by atoms with van der Waals surface area (Å²) in [5.41, 5.74) is 0.397. The zero-order valence-electron chi connectivity index (χ0n) is 13.4. The summed E-state index contributed by atoms with van der Waals surface area (Å²) in [4.78, 5) is 2.77. The van der Waals surface area contributed by atoms with Crippen molar-refractivity contribution in [1.29, 1.82) is 0 Å². The van der Waals surface area contributed by atoms with Crippen LogP contribution >= 0.6 is 0 Å². The highest BCUT2D eigenvalue weighted by molar-refractivity contribution is 5.01. The third kappa shape index (κ3) is 4.46. The number of nitrogens with one attached hydrogen (secondary N) is 1. The second-order valence-electron chi connectivity index (χ2n) is 7.14. The monoisotopic (exact) mass is 266 g/mol. The van der Waals surface area contributed by atoms with E-state index in [1.807, 2.05) is 0 Å². The average Bonchev–Trinajstić information content (AvgIpc) is 3.20. The van der Waals surface area contributed by atoms with Crippen LogP contribution in [0.1, 0.15) is 72.1 Å². The summed E-state index contributed by atoms with van der Waals surface area (Å²) >= 11 is 0. The lowest BCUT2D eigenvalue weighted by Gasteiger charge is -2.36. The van der Waals surface area contributed by atoms with Crippen LogP contribution in [-0.2, 0) is 0 Å². The van der Waals surface area contributed by atoms with Crippen molar-refractivity contribution in [3.63, 3.8) is 0 Å². The Hall–Kier alpha value is -0.0800. The van der Waals surface area contributed by atoms with Gasteiger partial charge >= 0.3 is 0 Å². The van der Waals surface area contributed by atoms with E-state index in [4.69, 9.17) is 0 Å². The third-order valence-corrected chi connectivity index (χ3v) is 5.27. The summed E-state index contributed by atoms with van der Waals surface area (Å²) < 4.78 is 0. The summed E-state index contributed by atoms with van der Waals surface area (Å²) in [6.07, 6.45) is 11.2. The Bertz CT molecular complexity index is 262. The van der Waals surface area contributed by atoms with Crippen molar-refractivity contribution in [3.8, 4) is 0 Å². The predicted molar refractivity (Wildman–Crippen MR) is 83.5 cm³/mol. The molecule has 0 amide bonds. The minimum absolute atomic E-state index is 0.397. The Balaban J connectivity index is 1.78. The Morgan fingerprint density at radius 2 is 1.84 bits per heavy atom. The maximum atomic E-state index is 3.85. The standard InChI is InChI=1S/C17H34N2/c1-4-5-6-7-8-13-19-14-17(3,16-9-10-16)18-12-11-15(19)2/h15-16,18H,4-14H2,1-3H3. The Kier molecular flexibility index (Phi) is 5.70. The number of unbranched alkanes of at least 4 members (excludes halogenated alkanes) is 4. The van der Waals surface area contributed by atoms with Crippen molar-refractivity contribution in [2.75, 3.05) is 19.6 Å². The molecule has 2 unspecified atom stereocenters. The fourth-order valence-corrected chi connectivity index (χ4v) is 3.59. The number of rotatable bonds is 7. The van der Waals surface area contributed by atoms with Gasteiger partial charge in [-0.15, -0.1) is 0 Å². The van der Waals surface area contributed by atoms with Gasteiger partial charge in [0, 0.05) is 18.1 Å². The van der Waals surface area contributed by atoms with Gasteiger partial charge < -0.3 is 5.32 Å². The van der Waals surface area contributed by atoms with Crippen molar-refractivity contribution in [2.24, 2.45) is 5.92 Å². The minimum Gasteiger partial charge on any atom is -0.310 e. The quantitative estimate of drug-likeness (QED) is 0.705. The van der Waals surface area contributed by atoms with E-state index in [1.54, 1.807) is 0 Å². The largest absolute Gasteiger partial charge is 0.310 e. The lowest BCUT2D eigenvalue weighted by Crippen LogP contribution is -2.51. The summed E-state index contributed by atoms with van der Waals surface area (Å²) in [7, 11) is 0. The molecule has 1 heterocycles. The molecule has 0 spiro atoms. The van der Waals surface area contributed by atoms with Gasteiger partial charge in [-0.1, -0.05) is 32.6 Å². The molecule has 1 saturated carbocycles. The Morgan fingerprint density at radius 3 is 2.53 bits per heavy atom. The molecular formula is C17H34N2. The Morgan fingerprint density at radius 1 is 1.11 bits per heavy atom. The molecule has 0 bridgehead atoms. The predicted octanol–water partition coefficient (Wildman–Crippen LogP) is 3.81. The fraction of sp³-hybridized carbons (Fsp3) is 1.00. The van der Waals surface area contributed by atoms with Crippen molar-refractivity contribution < 1.29 is 0 Å². The van der Waals surface area contributed by atoms with Crippen LogP contribution in [0.15, 0.2) is 0 Å². The number of nitrogens with zero attached hydrogens (tertiary/aromatic N) is 1. The summed E-state index contributed by atoms with van der Waals surface area (Å²) in [6.45, 7) is 11.0. The van der Waals surface area contributed by atoms with E-state index >= 15 is 0 Å². The second-order valence-corrected chi connectivity index (χ2v) is 7.14. The molecule has 19 heavy (non-hydrogen) atoms. The van der Waals surface area contributed by atoms with Crippen molar-refractivity contribution in [2.45, 2.75) is 83.7 Å². The van der Waals surface area contributed by atoms with Crippen LogP contribution in [0.2, 0.25) is 0 Å². The Labute approximate surface area is 120 Å². The molecule has 1 N–H and O–H groups in total. The molecule has 2 fully saturated rings. The van der Waals surface area contributed by atoms with Crippen LogP contribution < -0.4 is 5.32 Å². The first-order valence-electron chi connectivity index (χ1n) is 8.65. The molecule has 1 aliphatic carbocycles. The van der Waals surface area contributed by atoms with Gasteiger partial charge in [-0.25, -0.2) is 0 Å². The van der Waals surface area contributed by atoms with Gasteiger partial charge in [0.1, 0.15) is 0 Å². The summed E-state index contributed by atoms with van der Waals surface area (Å²) in [5, 5.41) is 3.85. The molecular weight excluding hydrogens is 232 g/mol. The summed E-state index contributed by atoms with van der Waals surface area (Å²) in [6, 6.07) is 0.763. The normalized spacial score (nSPS) is 33.3. The third-order valence-electron chi connectivity index (χ3n) is 5.27. The number of hydrogen-bond acceptors (Lipinski definition) is 2. The van der Waals surface area contributed by atoms with Gasteiger partial charge in [0.25, 0.3) is 0 Å². The molecule has 112 valence electrons. The van der Waals surface area contributed by atoms with Gasteiger partial charge in [-0.05, 0) is 58.5 Å². The smallest absolute Gasteiger partial charge is 0.0308 e. The first-order chi connectivity index (χ1) is 9.15. The number of hydrogen-bond donors (Lipinski definition) is 1. The molecule has 2 aliphatic rings. The lowest BCUT2D eigenvalue weighted by molar-refractivity contribution is 0.159. The van der Waals surface area contributed by atoms with Crippen molar-refractivity contribution in [3.05, 3.63) is 0 Å². The molecule has 0 aromatic heterocycles.